The van der Waals surface area contributed by atoms with E-state index in [1.54, 1.807) is 0 Å². The normalized spacial score (nSPS) is 13.6. The van der Waals surface area contributed by atoms with Crippen LogP contribution in [0.1, 0.15) is 149 Å². The maximum absolute atomic E-state index is 12.8. The van der Waals surface area contributed by atoms with Crippen molar-refractivity contribution in [2.75, 3.05) is 6.54 Å². The average molecular weight is 1030 g/mol. The van der Waals surface area contributed by atoms with E-state index in [0.717, 1.165) is 34.1 Å². The second-order valence-corrected chi connectivity index (χ2v) is 35.8. The molecule has 4 rings (SSSR count). The molecule has 0 radical (unpaired) electrons. The molecule has 0 heterocycles. The third-order valence-corrected chi connectivity index (χ3v) is 31.9. The number of hydrogen-bond acceptors (Lipinski definition) is 5. The quantitative estimate of drug-likeness (QED) is 0.0278. The summed E-state index contributed by atoms with van der Waals surface area (Å²) < 4.78 is 74.7. The van der Waals surface area contributed by atoms with Crippen molar-refractivity contribution in [3.05, 3.63) is 108 Å². The van der Waals surface area contributed by atoms with E-state index in [2.05, 4.69) is 101 Å². The fourth-order valence-corrected chi connectivity index (χ4v) is 29.1. The predicted molar refractivity (Wildman–Crippen MR) is 299 cm³/mol. The van der Waals surface area contributed by atoms with Crippen LogP contribution in [0.25, 0.3) is 0 Å². The smallest absolute Gasteiger partial charge is 0.269 e. The first-order valence-corrected chi connectivity index (χ1v) is 36.8. The van der Waals surface area contributed by atoms with E-state index in [1.165, 1.54) is 124 Å². The summed E-state index contributed by atoms with van der Waals surface area (Å²) in [5, 5.41) is 6.95. The van der Waals surface area contributed by atoms with Crippen LogP contribution in [0.5, 0.6) is 0 Å². The summed E-state index contributed by atoms with van der Waals surface area (Å²) in [5.74, 6) is -1.01. The Morgan fingerprint density at radius 2 is 0.701 bits per heavy atom. The van der Waals surface area contributed by atoms with Gasteiger partial charge in [0.2, 0.25) is 0 Å². The van der Waals surface area contributed by atoms with E-state index in [4.69, 9.17) is 0 Å². The van der Waals surface area contributed by atoms with Crippen LogP contribution in [0, 0.1) is 0 Å². The van der Waals surface area contributed by atoms with Gasteiger partial charge >= 0.3 is 0 Å². The lowest BCUT2D eigenvalue weighted by Crippen LogP contribution is -2.48. The number of hydrogen-bond donors (Lipinski definition) is 2. The van der Waals surface area contributed by atoms with Gasteiger partial charge in [0.15, 0.2) is 0 Å². The van der Waals surface area contributed by atoms with E-state index in [0.29, 0.717) is 17.7 Å². The number of rotatable bonds is 33. The third kappa shape index (κ3) is 17.1. The molecule has 0 spiro atoms. The number of benzene rings is 4. The highest BCUT2D eigenvalue weighted by Gasteiger charge is 2.38. The van der Waals surface area contributed by atoms with E-state index in [1.807, 2.05) is 48.5 Å². The maximum Gasteiger partial charge on any atom is 0.269 e. The summed E-state index contributed by atoms with van der Waals surface area (Å²) in [6.45, 7) is 16.6. The molecule has 0 fully saturated rings. The predicted octanol–water partition coefficient (Wildman–Crippen LogP) is 13.1. The second-order valence-electron chi connectivity index (χ2n) is 19.1. The molecule has 2 N–H and O–H groups in total. The minimum absolute atomic E-state index is 0.505. The Morgan fingerprint density at radius 3 is 0.970 bits per heavy atom. The Labute approximate surface area is 412 Å². The average Bonchev–Trinajstić information content (AvgIpc) is 3.31. The molecule has 2 atom stereocenters. The molecule has 0 amide bonds. The molecule has 13 heteroatoms. The van der Waals surface area contributed by atoms with Crippen molar-refractivity contribution in [3.63, 3.8) is 0 Å². The van der Waals surface area contributed by atoms with Gasteiger partial charge in [-0.05, 0) is 38.8 Å². The zero-order chi connectivity index (χ0) is 48.9. The van der Waals surface area contributed by atoms with Crippen molar-refractivity contribution in [2.24, 2.45) is 0 Å². The number of unbranched alkanes of at least 4 members (excludes halogenated alkanes) is 7. The highest BCUT2D eigenvalue weighted by atomic mass is 32.2. The van der Waals surface area contributed by atoms with Crippen molar-refractivity contribution in [2.45, 2.75) is 186 Å². The maximum atomic E-state index is 12.8. The fraction of sp³-hybridized carbons (Fsp3) is 0.556. The molecule has 0 aliphatic heterocycles. The Morgan fingerprint density at radius 1 is 0.418 bits per heavy atom. The molecule has 0 aromatic heterocycles. The molecule has 7 nitrogen and oxygen atoms in total. The van der Waals surface area contributed by atoms with Crippen LogP contribution in [0.2, 0.25) is 36.3 Å². The van der Waals surface area contributed by atoms with Crippen LogP contribution in [0.3, 0.4) is 0 Å². The van der Waals surface area contributed by atoms with Gasteiger partial charge in [0.25, 0.3) is 20.2 Å². The van der Waals surface area contributed by atoms with Crippen LogP contribution in [-0.4, -0.2) is 53.1 Å². The molecule has 4 aromatic carbocycles. The zero-order valence-electron chi connectivity index (χ0n) is 42.2. The van der Waals surface area contributed by atoms with Gasteiger partial charge in [-0.15, -0.1) is 0 Å². The number of nitrogens with zero attached hydrogens (tertiary/aromatic N) is 1. The summed E-state index contributed by atoms with van der Waals surface area (Å²) in [5.41, 5.74) is 1.13. The molecule has 0 aliphatic rings. The second kappa shape index (κ2) is 28.7. The zero-order valence-corrected chi connectivity index (χ0v) is 47.6. The Hall–Kier alpha value is -2.05. The van der Waals surface area contributed by atoms with Crippen molar-refractivity contribution < 1.29 is 25.9 Å². The fourth-order valence-electron chi connectivity index (χ4n) is 10.1. The topological polar surface area (TPSA) is 112 Å². The van der Waals surface area contributed by atoms with Gasteiger partial charge in [-0.3, -0.25) is 9.11 Å². The Bertz CT molecular complexity index is 2080. The summed E-state index contributed by atoms with van der Waals surface area (Å²) in [6.07, 6.45) is 16.2. The highest BCUT2D eigenvalue weighted by Crippen LogP contribution is 2.55. The van der Waals surface area contributed by atoms with E-state index in [-0.39, 0.29) is 0 Å². The first kappa shape index (κ1) is 57.5. The first-order valence-electron chi connectivity index (χ1n) is 25.8. The molecule has 0 bridgehead atoms. The van der Waals surface area contributed by atoms with E-state index < -0.39 is 64.0 Å². The van der Waals surface area contributed by atoms with Crippen molar-refractivity contribution >= 4 is 84.1 Å². The van der Waals surface area contributed by atoms with Crippen LogP contribution < -0.4 is 31.6 Å². The van der Waals surface area contributed by atoms with Crippen molar-refractivity contribution in [1.82, 2.24) is 4.44 Å². The molecule has 0 saturated heterocycles. The first-order chi connectivity index (χ1) is 32.1. The van der Waals surface area contributed by atoms with Crippen LogP contribution in [0.4, 0.5) is 0 Å². The molecular weight excluding hydrogens is 941 g/mol. The van der Waals surface area contributed by atoms with Crippen LogP contribution in [-0.2, 0) is 31.7 Å². The van der Waals surface area contributed by atoms with E-state index >= 15 is 0 Å². The van der Waals surface area contributed by atoms with Crippen molar-refractivity contribution in [3.8, 4) is 0 Å². The summed E-state index contributed by atoms with van der Waals surface area (Å²) in [7, 11) is -15.4. The molecule has 0 saturated carbocycles. The molecular formula is C54H85NO6P2S2Si2. The lowest BCUT2D eigenvalue weighted by Gasteiger charge is -2.41. The van der Waals surface area contributed by atoms with Crippen molar-refractivity contribution in [1.29, 1.82) is 0 Å². The minimum atomic E-state index is -4.39. The molecule has 4 aromatic rings. The molecule has 0 aliphatic carbocycles. The summed E-state index contributed by atoms with van der Waals surface area (Å²) in [4.78, 5) is 0. The van der Waals surface area contributed by atoms with Gasteiger partial charge in [0.05, 0.1) is 16.1 Å². The van der Waals surface area contributed by atoms with Gasteiger partial charge in [-0.25, -0.2) is 4.44 Å². The molecule has 2 unspecified atom stereocenters. The lowest BCUT2D eigenvalue weighted by atomic mass is 10.2. The van der Waals surface area contributed by atoms with Crippen LogP contribution >= 0.6 is 16.1 Å². The highest BCUT2D eigenvalue weighted by molar-refractivity contribution is 7.86. The summed E-state index contributed by atoms with van der Waals surface area (Å²) >= 11 is 0. The van der Waals surface area contributed by atoms with Gasteiger partial charge < -0.3 is 0 Å². The van der Waals surface area contributed by atoms with Gasteiger partial charge in [-0.1, -0.05) is 276 Å². The third-order valence-electron chi connectivity index (χ3n) is 13.8. The minimum Gasteiger partial charge on any atom is -0.285 e. The van der Waals surface area contributed by atoms with Gasteiger partial charge in [0, 0.05) is 22.7 Å². The Balaban J connectivity index is 2.12. The lowest BCUT2D eigenvalue weighted by molar-refractivity contribution is 0.480. The SMILES string of the molecule is CCCCN(P(c1ccc([Si](CCCC)(CCCC)CCCC)cc1)c1ccccc1CS(=O)(=O)O)P(c1ccc([Si](CCCC)(CCCC)CCCC)cc1)c1ccccc1CS(=O)(=O)O. The monoisotopic (exact) mass is 1030 g/mol. The standard InChI is InChI=1S/C54H85NO6P2S2Si2/c1-8-15-38-55(62(53-28-24-22-26-47(53)45-64(56,57)58)49-30-34-51(35-31-49)66(39-16-9-2,40-17-10-3)41-18-11-4)63(54-29-25-23-27-48(54)46-65(59,60)61)50-32-36-52(37-33-50)67(42-19-12-5,43-20-13-6)44-21-14-7/h22-37H,8-21,38-46H2,1-7H3,(H,56,57,58)(H,59,60,61). The van der Waals surface area contributed by atoms with Gasteiger partial charge in [-0.2, -0.15) is 16.8 Å². The summed E-state index contributed by atoms with van der Waals surface area (Å²) in [6, 6.07) is 42.0. The Kier molecular flexibility index (Phi) is 24.7. The van der Waals surface area contributed by atoms with Crippen LogP contribution in [0.15, 0.2) is 97.1 Å². The van der Waals surface area contributed by atoms with Gasteiger partial charge in [0.1, 0.15) is 11.5 Å². The largest absolute Gasteiger partial charge is 0.285 e. The van der Waals surface area contributed by atoms with E-state index in [9.17, 15) is 25.9 Å². The molecule has 372 valence electrons. The molecule has 67 heavy (non-hydrogen) atoms.